The van der Waals surface area contributed by atoms with E-state index in [-0.39, 0.29) is 11.4 Å². The Labute approximate surface area is 139 Å². The Balaban J connectivity index is 2.38. The topological polar surface area (TPSA) is 72.2 Å². The molecule has 0 aromatic heterocycles. The number of carbonyl (C=O) groups excluding carboxylic acids is 1. The van der Waals surface area contributed by atoms with Gasteiger partial charge in [-0.15, -0.1) is 0 Å². The second-order valence-electron chi connectivity index (χ2n) is 4.31. The summed E-state index contributed by atoms with van der Waals surface area (Å²) in [6.45, 7) is 1.89. The summed E-state index contributed by atoms with van der Waals surface area (Å²) < 4.78 is 0.803. The quantitative estimate of drug-likeness (QED) is 0.457. The van der Waals surface area contributed by atoms with Crippen molar-refractivity contribution in [3.63, 3.8) is 0 Å². The molecule has 2 aromatic rings. The van der Waals surface area contributed by atoms with Gasteiger partial charge in [0.15, 0.2) is 0 Å². The van der Waals surface area contributed by atoms with Crippen molar-refractivity contribution in [2.24, 2.45) is 0 Å². The molecule has 0 saturated heterocycles. The van der Waals surface area contributed by atoms with E-state index in [0.717, 1.165) is 9.13 Å². The number of amides is 1. The SMILES string of the molecule is Cc1cccc(C(=O)Nc2cc(Cl)ccc2[N+](=O)[O-])c1I. The Bertz CT molecular complexity index is 734. The first-order chi connectivity index (χ1) is 9.90. The van der Waals surface area contributed by atoms with E-state index < -0.39 is 10.8 Å². The molecule has 1 N–H and O–H groups in total. The van der Waals surface area contributed by atoms with Gasteiger partial charge in [0.2, 0.25) is 0 Å². The maximum absolute atomic E-state index is 12.3. The lowest BCUT2D eigenvalue weighted by molar-refractivity contribution is -0.383. The van der Waals surface area contributed by atoms with Gasteiger partial charge in [0.25, 0.3) is 11.6 Å². The molecule has 0 spiro atoms. The molecule has 7 heteroatoms. The van der Waals surface area contributed by atoms with Crippen LogP contribution in [0.15, 0.2) is 36.4 Å². The highest BCUT2D eigenvalue weighted by Gasteiger charge is 2.18. The van der Waals surface area contributed by atoms with Crippen LogP contribution in [0.25, 0.3) is 0 Å². The van der Waals surface area contributed by atoms with Crippen molar-refractivity contribution >= 4 is 51.5 Å². The van der Waals surface area contributed by atoms with Crippen molar-refractivity contribution < 1.29 is 9.72 Å². The molecule has 1 amide bonds. The third kappa shape index (κ3) is 3.51. The van der Waals surface area contributed by atoms with Gasteiger partial charge in [-0.25, -0.2) is 0 Å². The first-order valence-corrected chi connectivity index (χ1v) is 7.36. The zero-order chi connectivity index (χ0) is 15.6. The van der Waals surface area contributed by atoms with Crippen LogP contribution in [-0.4, -0.2) is 10.8 Å². The summed E-state index contributed by atoms with van der Waals surface area (Å²) in [4.78, 5) is 22.7. The van der Waals surface area contributed by atoms with Gasteiger partial charge >= 0.3 is 0 Å². The number of benzene rings is 2. The van der Waals surface area contributed by atoms with E-state index in [9.17, 15) is 14.9 Å². The second kappa shape index (κ2) is 6.40. The maximum Gasteiger partial charge on any atom is 0.292 e. The predicted molar refractivity (Wildman–Crippen MR) is 90.0 cm³/mol. The van der Waals surface area contributed by atoms with E-state index in [1.54, 1.807) is 12.1 Å². The molecule has 0 atom stereocenters. The Hall–Kier alpha value is -1.67. The third-order valence-electron chi connectivity index (χ3n) is 2.84. The second-order valence-corrected chi connectivity index (χ2v) is 5.82. The first kappa shape index (κ1) is 15.7. The average Bonchev–Trinajstić information content (AvgIpc) is 2.41. The van der Waals surface area contributed by atoms with Gasteiger partial charge in [0.05, 0.1) is 10.5 Å². The molecule has 0 aliphatic carbocycles. The summed E-state index contributed by atoms with van der Waals surface area (Å²) >= 11 is 7.90. The smallest absolute Gasteiger partial charge is 0.292 e. The number of anilines is 1. The van der Waals surface area contributed by atoms with Crippen LogP contribution in [-0.2, 0) is 0 Å². The van der Waals surface area contributed by atoms with Gasteiger partial charge in [0.1, 0.15) is 5.69 Å². The van der Waals surface area contributed by atoms with E-state index in [1.807, 2.05) is 13.0 Å². The fourth-order valence-electron chi connectivity index (χ4n) is 1.78. The molecule has 2 aromatic carbocycles. The normalized spacial score (nSPS) is 10.2. The van der Waals surface area contributed by atoms with Crippen LogP contribution in [0, 0.1) is 20.6 Å². The number of hydrogen-bond donors (Lipinski definition) is 1. The lowest BCUT2D eigenvalue weighted by Crippen LogP contribution is -2.15. The Kier molecular flexibility index (Phi) is 4.79. The zero-order valence-corrected chi connectivity index (χ0v) is 13.8. The van der Waals surface area contributed by atoms with Crippen molar-refractivity contribution in [1.29, 1.82) is 0 Å². The number of hydrogen-bond acceptors (Lipinski definition) is 3. The summed E-state index contributed by atoms with van der Waals surface area (Å²) in [5, 5.41) is 13.8. The van der Waals surface area contributed by atoms with Crippen LogP contribution >= 0.6 is 34.2 Å². The highest BCUT2D eigenvalue weighted by atomic mass is 127. The molecule has 0 aliphatic heterocycles. The van der Waals surface area contributed by atoms with Gasteiger partial charge in [-0.3, -0.25) is 14.9 Å². The molecule has 21 heavy (non-hydrogen) atoms. The van der Waals surface area contributed by atoms with Crippen molar-refractivity contribution in [2.75, 3.05) is 5.32 Å². The molecule has 0 heterocycles. The number of rotatable bonds is 3. The molecule has 0 radical (unpaired) electrons. The number of nitro groups is 1. The largest absolute Gasteiger partial charge is 0.316 e. The van der Waals surface area contributed by atoms with Gasteiger partial charge in [-0.05, 0) is 53.3 Å². The molecule has 2 rings (SSSR count). The highest BCUT2D eigenvalue weighted by Crippen LogP contribution is 2.28. The lowest BCUT2D eigenvalue weighted by Gasteiger charge is -2.09. The minimum absolute atomic E-state index is 0.0785. The van der Waals surface area contributed by atoms with Crippen molar-refractivity contribution in [2.45, 2.75) is 6.92 Å². The van der Waals surface area contributed by atoms with Gasteiger partial charge < -0.3 is 5.32 Å². The molecule has 108 valence electrons. The van der Waals surface area contributed by atoms with Crippen molar-refractivity contribution in [3.05, 3.63) is 66.2 Å². The zero-order valence-electron chi connectivity index (χ0n) is 10.9. The van der Waals surface area contributed by atoms with Crippen LogP contribution < -0.4 is 5.32 Å². The maximum atomic E-state index is 12.3. The fraction of sp³-hybridized carbons (Fsp3) is 0.0714. The number of nitro benzene ring substituents is 1. The van der Waals surface area contributed by atoms with Crippen LogP contribution in [0.1, 0.15) is 15.9 Å². The summed E-state index contributed by atoms with van der Waals surface area (Å²) in [6.07, 6.45) is 0. The molecule has 0 bridgehead atoms. The number of nitrogens with one attached hydrogen (secondary N) is 1. The van der Waals surface area contributed by atoms with Crippen LogP contribution in [0.3, 0.4) is 0 Å². The van der Waals surface area contributed by atoms with E-state index in [1.165, 1.54) is 18.2 Å². The van der Waals surface area contributed by atoms with Gasteiger partial charge in [-0.1, -0.05) is 23.7 Å². The summed E-state index contributed by atoms with van der Waals surface area (Å²) in [6, 6.07) is 9.35. The van der Waals surface area contributed by atoms with E-state index >= 15 is 0 Å². The fourth-order valence-corrected chi connectivity index (χ4v) is 2.56. The number of aryl methyl sites for hydroxylation is 1. The first-order valence-electron chi connectivity index (χ1n) is 5.90. The molecule has 0 aliphatic rings. The summed E-state index contributed by atoms with van der Waals surface area (Å²) in [5.41, 5.74) is 1.30. The molecule has 0 unspecified atom stereocenters. The average molecular weight is 417 g/mol. The van der Waals surface area contributed by atoms with Gasteiger partial charge in [-0.2, -0.15) is 0 Å². The third-order valence-corrected chi connectivity index (χ3v) is 4.51. The van der Waals surface area contributed by atoms with E-state index in [2.05, 4.69) is 27.9 Å². The molecule has 0 saturated carbocycles. The summed E-state index contributed by atoms with van der Waals surface area (Å²) in [7, 11) is 0. The molecular weight excluding hydrogens is 407 g/mol. The number of carbonyl (C=O) groups is 1. The molecular formula is C14H10ClIN2O3. The van der Waals surface area contributed by atoms with Gasteiger partial charge in [0, 0.05) is 14.7 Å². The standard InChI is InChI=1S/C14H10ClIN2O3/c1-8-3-2-4-10(13(8)16)14(19)17-11-7-9(15)5-6-12(11)18(20)21/h2-7H,1H3,(H,17,19). The van der Waals surface area contributed by atoms with Crippen molar-refractivity contribution in [1.82, 2.24) is 0 Å². The lowest BCUT2D eigenvalue weighted by atomic mass is 10.1. The van der Waals surface area contributed by atoms with Crippen molar-refractivity contribution in [3.8, 4) is 0 Å². The molecule has 0 fully saturated rings. The van der Waals surface area contributed by atoms with E-state index in [4.69, 9.17) is 11.6 Å². The Morgan fingerprint density at radius 2 is 2.05 bits per heavy atom. The highest BCUT2D eigenvalue weighted by molar-refractivity contribution is 14.1. The van der Waals surface area contributed by atoms with Crippen LogP contribution in [0.2, 0.25) is 5.02 Å². The van der Waals surface area contributed by atoms with Crippen LogP contribution in [0.4, 0.5) is 11.4 Å². The predicted octanol–water partition coefficient (Wildman–Crippen LogP) is 4.41. The minimum atomic E-state index is -0.562. The van der Waals surface area contributed by atoms with E-state index in [0.29, 0.717) is 10.6 Å². The monoisotopic (exact) mass is 416 g/mol. The molecule has 5 nitrogen and oxygen atoms in total. The Morgan fingerprint density at radius 3 is 2.71 bits per heavy atom. The summed E-state index contributed by atoms with van der Waals surface area (Å²) in [5.74, 6) is -0.409. The Morgan fingerprint density at radius 1 is 1.33 bits per heavy atom. The minimum Gasteiger partial charge on any atom is -0.316 e. The number of halogens is 2. The number of nitrogens with zero attached hydrogens (tertiary/aromatic N) is 1. The van der Waals surface area contributed by atoms with Crippen LogP contribution in [0.5, 0.6) is 0 Å².